The van der Waals surface area contributed by atoms with E-state index < -0.39 is 0 Å². The van der Waals surface area contributed by atoms with Crippen LogP contribution in [-0.4, -0.2) is 18.0 Å². The van der Waals surface area contributed by atoms with Crippen LogP contribution < -0.4 is 10.1 Å². The molecule has 0 saturated heterocycles. The number of pyridine rings is 1. The third-order valence-corrected chi connectivity index (χ3v) is 4.18. The third-order valence-electron chi connectivity index (χ3n) is 4.18. The topological polar surface area (TPSA) is 51.2 Å². The third kappa shape index (κ3) is 3.43. The normalized spacial score (nSPS) is 22.3. The van der Waals surface area contributed by atoms with E-state index in [0.29, 0.717) is 18.3 Å². The van der Waals surface area contributed by atoms with Crippen molar-refractivity contribution in [3.8, 4) is 5.88 Å². The largest absolute Gasteiger partial charge is 0.481 e. The highest BCUT2D eigenvalue weighted by Gasteiger charge is 2.60. The Kier molecular flexibility index (Phi) is 4.35. The van der Waals surface area contributed by atoms with E-state index >= 15 is 0 Å². The minimum Gasteiger partial charge on any atom is -0.481 e. The molecule has 2 atom stereocenters. The standard InChI is InChI=1S/C17H24N2O2/c1-11(2)8-13-15(17(13,3)4)16(20)19-10-12-6-7-14(21-5)18-9-12/h6-9,13,15H,10H2,1-5H3,(H,19,20). The van der Waals surface area contributed by atoms with Crippen LogP contribution in [0.15, 0.2) is 30.0 Å². The van der Waals surface area contributed by atoms with Crippen LogP contribution >= 0.6 is 0 Å². The van der Waals surface area contributed by atoms with Crippen LogP contribution in [-0.2, 0) is 11.3 Å². The molecule has 1 aliphatic carbocycles. The van der Waals surface area contributed by atoms with Crippen molar-refractivity contribution in [2.75, 3.05) is 7.11 Å². The van der Waals surface area contributed by atoms with Gasteiger partial charge in [-0.3, -0.25) is 4.79 Å². The lowest BCUT2D eigenvalue weighted by Gasteiger charge is -2.06. The Morgan fingerprint density at radius 1 is 1.43 bits per heavy atom. The summed E-state index contributed by atoms with van der Waals surface area (Å²) in [6.45, 7) is 8.95. The number of nitrogens with zero attached hydrogens (tertiary/aromatic N) is 1. The van der Waals surface area contributed by atoms with Crippen LogP contribution in [0.25, 0.3) is 0 Å². The molecule has 0 bridgehead atoms. The molecule has 1 aliphatic rings. The summed E-state index contributed by atoms with van der Waals surface area (Å²) < 4.78 is 5.02. The lowest BCUT2D eigenvalue weighted by Crippen LogP contribution is -2.26. The molecular weight excluding hydrogens is 264 g/mol. The number of amides is 1. The fourth-order valence-corrected chi connectivity index (χ4v) is 2.78. The summed E-state index contributed by atoms with van der Waals surface area (Å²) in [6.07, 6.45) is 3.93. The molecule has 1 saturated carbocycles. The summed E-state index contributed by atoms with van der Waals surface area (Å²) in [6, 6.07) is 3.71. The van der Waals surface area contributed by atoms with Crippen molar-refractivity contribution in [3.05, 3.63) is 35.5 Å². The molecule has 21 heavy (non-hydrogen) atoms. The Morgan fingerprint density at radius 3 is 2.67 bits per heavy atom. The first-order valence-corrected chi connectivity index (χ1v) is 7.28. The maximum atomic E-state index is 12.3. The number of hydrogen-bond donors (Lipinski definition) is 1. The predicted octanol–water partition coefficient (Wildman–Crippen LogP) is 2.94. The second kappa shape index (κ2) is 5.88. The molecule has 1 aromatic heterocycles. The molecule has 2 unspecified atom stereocenters. The average molecular weight is 288 g/mol. The van der Waals surface area contributed by atoms with E-state index in [1.165, 1.54) is 5.57 Å². The zero-order chi connectivity index (χ0) is 15.6. The summed E-state index contributed by atoms with van der Waals surface area (Å²) in [5.41, 5.74) is 2.29. The average Bonchev–Trinajstić information content (AvgIpc) is 2.97. The molecule has 0 aliphatic heterocycles. The van der Waals surface area contributed by atoms with E-state index in [1.54, 1.807) is 19.4 Å². The Labute approximate surface area is 126 Å². The zero-order valence-electron chi connectivity index (χ0n) is 13.4. The number of carbonyl (C=O) groups excluding carboxylic acids is 1. The van der Waals surface area contributed by atoms with E-state index in [2.05, 4.69) is 44.1 Å². The van der Waals surface area contributed by atoms with Crippen molar-refractivity contribution in [1.29, 1.82) is 0 Å². The summed E-state index contributed by atoms with van der Waals surface area (Å²) >= 11 is 0. The van der Waals surface area contributed by atoms with Crippen molar-refractivity contribution >= 4 is 5.91 Å². The van der Waals surface area contributed by atoms with Gasteiger partial charge in [0.25, 0.3) is 0 Å². The molecule has 1 amide bonds. The van der Waals surface area contributed by atoms with Gasteiger partial charge in [-0.25, -0.2) is 4.98 Å². The molecule has 4 nitrogen and oxygen atoms in total. The second-order valence-electron chi connectivity index (χ2n) is 6.50. The first kappa shape index (κ1) is 15.5. The molecule has 1 aromatic rings. The van der Waals surface area contributed by atoms with E-state index in [9.17, 15) is 4.79 Å². The van der Waals surface area contributed by atoms with Crippen molar-refractivity contribution in [1.82, 2.24) is 10.3 Å². The number of nitrogens with one attached hydrogen (secondary N) is 1. The van der Waals surface area contributed by atoms with Crippen LogP contribution in [0.4, 0.5) is 0 Å². The van der Waals surface area contributed by atoms with Gasteiger partial charge in [0.05, 0.1) is 13.0 Å². The Bertz CT molecular complexity index is 542. The lowest BCUT2D eigenvalue weighted by molar-refractivity contribution is -0.123. The predicted molar refractivity (Wildman–Crippen MR) is 82.8 cm³/mol. The van der Waals surface area contributed by atoms with Crippen LogP contribution in [0.3, 0.4) is 0 Å². The minimum absolute atomic E-state index is 0.0551. The van der Waals surface area contributed by atoms with E-state index in [-0.39, 0.29) is 17.2 Å². The van der Waals surface area contributed by atoms with Gasteiger partial charge in [-0.15, -0.1) is 0 Å². The Balaban J connectivity index is 1.92. The van der Waals surface area contributed by atoms with Crippen molar-refractivity contribution in [3.63, 3.8) is 0 Å². The van der Waals surface area contributed by atoms with Gasteiger partial charge >= 0.3 is 0 Å². The smallest absolute Gasteiger partial charge is 0.224 e. The monoisotopic (exact) mass is 288 g/mol. The Hall–Kier alpha value is -1.84. The number of carbonyl (C=O) groups is 1. The van der Waals surface area contributed by atoms with Gasteiger partial charge in [-0.05, 0) is 30.7 Å². The van der Waals surface area contributed by atoms with Crippen molar-refractivity contribution in [2.24, 2.45) is 17.3 Å². The number of hydrogen-bond acceptors (Lipinski definition) is 3. The zero-order valence-corrected chi connectivity index (χ0v) is 13.4. The summed E-state index contributed by atoms with van der Waals surface area (Å²) in [4.78, 5) is 16.5. The van der Waals surface area contributed by atoms with Gasteiger partial charge in [0, 0.05) is 18.8 Å². The van der Waals surface area contributed by atoms with Gasteiger partial charge in [-0.2, -0.15) is 0 Å². The van der Waals surface area contributed by atoms with Crippen LogP contribution in [0.2, 0.25) is 0 Å². The molecule has 0 radical (unpaired) electrons. The van der Waals surface area contributed by atoms with E-state index in [1.807, 2.05) is 6.07 Å². The van der Waals surface area contributed by atoms with E-state index in [0.717, 1.165) is 5.56 Å². The highest BCUT2D eigenvalue weighted by molar-refractivity contribution is 5.83. The maximum absolute atomic E-state index is 12.3. The van der Waals surface area contributed by atoms with Gasteiger partial charge in [0.1, 0.15) is 0 Å². The molecule has 1 heterocycles. The number of ether oxygens (including phenoxy) is 1. The molecular formula is C17H24N2O2. The Morgan fingerprint density at radius 2 is 2.14 bits per heavy atom. The summed E-state index contributed by atoms with van der Waals surface area (Å²) in [5.74, 6) is 1.12. The molecule has 2 rings (SSSR count). The molecule has 1 N–H and O–H groups in total. The summed E-state index contributed by atoms with van der Waals surface area (Å²) in [7, 11) is 1.59. The number of aromatic nitrogens is 1. The minimum atomic E-state index is 0.0551. The van der Waals surface area contributed by atoms with Crippen LogP contribution in [0, 0.1) is 17.3 Å². The second-order valence-corrected chi connectivity index (χ2v) is 6.50. The molecule has 114 valence electrons. The van der Waals surface area contributed by atoms with Crippen molar-refractivity contribution in [2.45, 2.75) is 34.2 Å². The molecule has 1 fully saturated rings. The molecule has 0 spiro atoms. The fourth-order valence-electron chi connectivity index (χ4n) is 2.78. The number of allylic oxidation sites excluding steroid dienone is 2. The van der Waals surface area contributed by atoms with Gasteiger partial charge < -0.3 is 10.1 Å². The van der Waals surface area contributed by atoms with Gasteiger partial charge in [-0.1, -0.05) is 31.6 Å². The first-order valence-electron chi connectivity index (χ1n) is 7.28. The van der Waals surface area contributed by atoms with Gasteiger partial charge in [0.2, 0.25) is 11.8 Å². The van der Waals surface area contributed by atoms with Gasteiger partial charge in [0.15, 0.2) is 0 Å². The fraction of sp³-hybridized carbons (Fsp3) is 0.529. The van der Waals surface area contributed by atoms with Crippen molar-refractivity contribution < 1.29 is 9.53 Å². The molecule has 0 aromatic carbocycles. The van der Waals surface area contributed by atoms with E-state index in [4.69, 9.17) is 4.74 Å². The maximum Gasteiger partial charge on any atom is 0.224 e. The van der Waals surface area contributed by atoms with Crippen LogP contribution in [0.1, 0.15) is 33.3 Å². The molecule has 4 heteroatoms. The number of methoxy groups -OCH3 is 1. The SMILES string of the molecule is COc1ccc(CNC(=O)C2C(C=C(C)C)C2(C)C)cn1. The highest BCUT2D eigenvalue weighted by Crippen LogP contribution is 2.59. The lowest BCUT2D eigenvalue weighted by atomic mass is 10.1. The number of rotatable bonds is 5. The first-order chi connectivity index (χ1) is 9.86. The quantitative estimate of drug-likeness (QED) is 0.848. The summed E-state index contributed by atoms with van der Waals surface area (Å²) in [5, 5.41) is 3.01. The van der Waals surface area contributed by atoms with Crippen LogP contribution in [0.5, 0.6) is 5.88 Å². The highest BCUT2D eigenvalue weighted by atomic mass is 16.5.